The van der Waals surface area contributed by atoms with Crippen molar-refractivity contribution in [3.05, 3.63) is 41.6 Å². The van der Waals surface area contributed by atoms with Gasteiger partial charge in [-0.3, -0.25) is 9.40 Å². The number of benzene rings is 1. The van der Waals surface area contributed by atoms with Gasteiger partial charge >= 0.3 is 0 Å². The van der Waals surface area contributed by atoms with Crippen molar-refractivity contribution in [3.63, 3.8) is 0 Å². The number of hydrogen-bond acceptors (Lipinski definition) is 4. The van der Waals surface area contributed by atoms with E-state index in [1.165, 1.54) is 16.8 Å². The molecule has 1 heterocycles. The Morgan fingerprint density at radius 1 is 1.35 bits per heavy atom. The highest BCUT2D eigenvalue weighted by Crippen LogP contribution is 2.17. The van der Waals surface area contributed by atoms with E-state index in [-0.39, 0.29) is 11.3 Å². The van der Waals surface area contributed by atoms with Gasteiger partial charge in [-0.15, -0.1) is 0 Å². The van der Waals surface area contributed by atoms with Gasteiger partial charge in [0.05, 0.1) is 23.1 Å². The summed E-state index contributed by atoms with van der Waals surface area (Å²) < 4.78 is 28.4. The number of sulfonamides is 1. The van der Waals surface area contributed by atoms with Gasteiger partial charge < -0.3 is 0 Å². The van der Waals surface area contributed by atoms with Crippen LogP contribution >= 0.6 is 0 Å². The van der Waals surface area contributed by atoms with Crippen molar-refractivity contribution in [1.82, 2.24) is 9.78 Å². The van der Waals surface area contributed by atoms with E-state index in [0.29, 0.717) is 5.82 Å². The molecule has 0 saturated heterocycles. The molecule has 1 N–H and O–H groups in total. The number of nitriles is 1. The smallest absolute Gasteiger partial charge is 0.263 e. The van der Waals surface area contributed by atoms with Gasteiger partial charge in [0.1, 0.15) is 5.82 Å². The molecule has 0 aliphatic heterocycles. The van der Waals surface area contributed by atoms with Crippen molar-refractivity contribution in [1.29, 1.82) is 5.26 Å². The van der Waals surface area contributed by atoms with Gasteiger partial charge in [-0.25, -0.2) is 8.42 Å². The molecule has 0 spiro atoms. The molecule has 0 bridgehead atoms. The number of aryl methyl sites for hydroxylation is 2. The predicted octanol–water partition coefficient (Wildman–Crippen LogP) is 1.60. The molecular formula is C13H14N4O2S. The van der Waals surface area contributed by atoms with Crippen molar-refractivity contribution in [2.75, 3.05) is 4.72 Å². The third-order valence-electron chi connectivity index (χ3n) is 2.76. The van der Waals surface area contributed by atoms with Gasteiger partial charge in [0, 0.05) is 13.1 Å². The number of rotatable bonds is 4. The SMILES string of the molecule is Cc1cc(NS(=O)(=O)c2ccc(CC#N)cc2)n(C)n1. The minimum absolute atomic E-state index is 0.151. The molecule has 0 radical (unpaired) electrons. The second-order valence-electron chi connectivity index (χ2n) is 4.38. The Kier molecular flexibility index (Phi) is 3.77. The van der Waals surface area contributed by atoms with E-state index in [1.54, 1.807) is 32.2 Å². The van der Waals surface area contributed by atoms with Crippen LogP contribution in [0.25, 0.3) is 0 Å². The Bertz CT molecular complexity index is 755. The molecule has 0 saturated carbocycles. The first-order chi connectivity index (χ1) is 9.42. The highest BCUT2D eigenvalue weighted by Gasteiger charge is 2.16. The lowest BCUT2D eigenvalue weighted by Gasteiger charge is -2.08. The lowest BCUT2D eigenvalue weighted by Crippen LogP contribution is -2.15. The van der Waals surface area contributed by atoms with Crippen LogP contribution in [0, 0.1) is 18.3 Å². The fraction of sp³-hybridized carbons (Fsp3) is 0.231. The summed E-state index contributed by atoms with van der Waals surface area (Å²) in [5, 5.41) is 12.7. The first-order valence-corrected chi connectivity index (χ1v) is 7.40. The van der Waals surface area contributed by atoms with Crippen LogP contribution in [0.1, 0.15) is 11.3 Å². The molecule has 0 amide bonds. The van der Waals surface area contributed by atoms with Crippen LogP contribution in [0.2, 0.25) is 0 Å². The average molecular weight is 290 g/mol. The third kappa shape index (κ3) is 2.97. The Morgan fingerprint density at radius 2 is 2.00 bits per heavy atom. The van der Waals surface area contributed by atoms with Gasteiger partial charge in [-0.1, -0.05) is 12.1 Å². The van der Waals surface area contributed by atoms with Crippen molar-refractivity contribution >= 4 is 15.8 Å². The van der Waals surface area contributed by atoms with Crippen LogP contribution in [0.15, 0.2) is 35.2 Å². The normalized spacial score (nSPS) is 11.1. The van der Waals surface area contributed by atoms with Crippen molar-refractivity contribution in [2.45, 2.75) is 18.2 Å². The van der Waals surface area contributed by atoms with E-state index in [9.17, 15) is 8.42 Å². The fourth-order valence-corrected chi connectivity index (χ4v) is 2.86. The van der Waals surface area contributed by atoms with Crippen molar-refractivity contribution in [3.8, 4) is 6.07 Å². The van der Waals surface area contributed by atoms with Crippen LogP contribution < -0.4 is 4.72 Å². The lowest BCUT2D eigenvalue weighted by atomic mass is 10.2. The largest absolute Gasteiger partial charge is 0.264 e. The second kappa shape index (κ2) is 5.35. The Labute approximate surface area is 117 Å². The summed E-state index contributed by atoms with van der Waals surface area (Å²) in [4.78, 5) is 0.151. The summed E-state index contributed by atoms with van der Waals surface area (Å²) in [5.74, 6) is 0.406. The molecule has 20 heavy (non-hydrogen) atoms. The second-order valence-corrected chi connectivity index (χ2v) is 6.06. The van der Waals surface area contributed by atoms with Gasteiger partial charge in [-0.2, -0.15) is 10.4 Å². The standard InChI is InChI=1S/C13H14N4O2S/c1-10-9-13(17(2)15-10)16-20(18,19)12-5-3-11(4-6-12)7-8-14/h3-6,9,16H,7H2,1-2H3. The number of anilines is 1. The van der Waals surface area contributed by atoms with E-state index < -0.39 is 10.0 Å². The number of aromatic nitrogens is 2. The van der Waals surface area contributed by atoms with E-state index in [4.69, 9.17) is 5.26 Å². The maximum absolute atomic E-state index is 12.2. The molecule has 7 heteroatoms. The van der Waals surface area contributed by atoms with Gasteiger partial charge in [0.15, 0.2) is 0 Å². The summed E-state index contributed by atoms with van der Waals surface area (Å²) in [5.41, 5.74) is 1.51. The maximum atomic E-state index is 12.2. The van der Waals surface area contributed by atoms with Crippen molar-refractivity contribution < 1.29 is 8.42 Å². The molecule has 1 aromatic carbocycles. The Morgan fingerprint density at radius 3 is 2.50 bits per heavy atom. The molecule has 0 unspecified atom stereocenters. The van der Waals surface area contributed by atoms with Crippen LogP contribution in [-0.2, 0) is 23.5 Å². The van der Waals surface area contributed by atoms with Gasteiger partial charge in [0.25, 0.3) is 10.0 Å². The predicted molar refractivity (Wildman–Crippen MR) is 74.5 cm³/mol. The molecule has 104 valence electrons. The molecule has 0 aliphatic carbocycles. The van der Waals surface area contributed by atoms with E-state index >= 15 is 0 Å². The van der Waals surface area contributed by atoms with Gasteiger partial charge in [0.2, 0.25) is 0 Å². The number of nitrogens with one attached hydrogen (secondary N) is 1. The first-order valence-electron chi connectivity index (χ1n) is 5.92. The summed E-state index contributed by atoms with van der Waals surface area (Å²) in [6.07, 6.45) is 0.259. The molecule has 0 atom stereocenters. The summed E-state index contributed by atoms with van der Waals surface area (Å²) in [7, 11) is -1.98. The topological polar surface area (TPSA) is 87.8 Å². The quantitative estimate of drug-likeness (QED) is 0.926. The minimum atomic E-state index is -3.65. The number of nitrogens with zero attached hydrogens (tertiary/aromatic N) is 3. The summed E-state index contributed by atoms with van der Waals surface area (Å²) in [6.45, 7) is 1.79. The Hall–Kier alpha value is -2.33. The first kappa shape index (κ1) is 14.1. The maximum Gasteiger partial charge on any atom is 0.263 e. The highest BCUT2D eigenvalue weighted by atomic mass is 32.2. The zero-order valence-corrected chi connectivity index (χ0v) is 12.0. The van der Waals surface area contributed by atoms with Crippen LogP contribution in [-0.4, -0.2) is 18.2 Å². The summed E-state index contributed by atoms with van der Waals surface area (Å²) >= 11 is 0. The number of hydrogen-bond donors (Lipinski definition) is 1. The van der Waals surface area contributed by atoms with E-state index in [0.717, 1.165) is 11.3 Å². The highest BCUT2D eigenvalue weighted by molar-refractivity contribution is 7.92. The molecular weight excluding hydrogens is 276 g/mol. The van der Waals surface area contributed by atoms with E-state index in [2.05, 4.69) is 9.82 Å². The third-order valence-corrected chi connectivity index (χ3v) is 4.13. The summed E-state index contributed by atoms with van der Waals surface area (Å²) in [6, 6.07) is 9.90. The molecule has 0 aliphatic rings. The molecule has 2 rings (SSSR count). The zero-order valence-electron chi connectivity index (χ0n) is 11.2. The molecule has 0 fully saturated rings. The minimum Gasteiger partial charge on any atom is -0.264 e. The van der Waals surface area contributed by atoms with Crippen LogP contribution in [0.4, 0.5) is 5.82 Å². The molecule has 6 nitrogen and oxygen atoms in total. The lowest BCUT2D eigenvalue weighted by molar-refractivity contribution is 0.600. The van der Waals surface area contributed by atoms with Crippen LogP contribution in [0.3, 0.4) is 0 Å². The van der Waals surface area contributed by atoms with E-state index in [1.807, 2.05) is 6.07 Å². The zero-order chi connectivity index (χ0) is 14.8. The average Bonchev–Trinajstić information content (AvgIpc) is 2.68. The van der Waals surface area contributed by atoms with Crippen LogP contribution in [0.5, 0.6) is 0 Å². The molecule has 2 aromatic rings. The molecule has 1 aromatic heterocycles. The Balaban J connectivity index is 2.26. The van der Waals surface area contributed by atoms with Crippen molar-refractivity contribution in [2.24, 2.45) is 7.05 Å². The monoisotopic (exact) mass is 290 g/mol. The fourth-order valence-electron chi connectivity index (χ4n) is 1.78. The van der Waals surface area contributed by atoms with Gasteiger partial charge in [-0.05, 0) is 24.6 Å².